The van der Waals surface area contributed by atoms with E-state index in [4.69, 9.17) is 14.2 Å². The van der Waals surface area contributed by atoms with Crippen molar-refractivity contribution >= 4 is 17.0 Å². The van der Waals surface area contributed by atoms with E-state index in [1.165, 1.54) is 24.2 Å². The predicted molar refractivity (Wildman–Crippen MR) is 107 cm³/mol. The van der Waals surface area contributed by atoms with Gasteiger partial charge in [-0.05, 0) is 24.6 Å². The lowest BCUT2D eigenvalue weighted by Gasteiger charge is -2.04. The lowest BCUT2D eigenvalue weighted by atomic mass is 10.2. The van der Waals surface area contributed by atoms with Gasteiger partial charge in [-0.3, -0.25) is 4.68 Å². The van der Waals surface area contributed by atoms with Crippen LogP contribution in [0.15, 0.2) is 42.9 Å². The Hall–Kier alpha value is -3.95. The van der Waals surface area contributed by atoms with Crippen molar-refractivity contribution in [2.45, 2.75) is 13.5 Å². The van der Waals surface area contributed by atoms with Crippen LogP contribution in [0.1, 0.15) is 22.8 Å². The van der Waals surface area contributed by atoms with Crippen molar-refractivity contribution in [3.05, 3.63) is 54.0 Å². The zero-order valence-corrected chi connectivity index (χ0v) is 16.8. The second-order valence-corrected chi connectivity index (χ2v) is 6.34. The van der Waals surface area contributed by atoms with E-state index in [0.717, 1.165) is 11.3 Å². The third-order valence-corrected chi connectivity index (χ3v) is 4.36. The number of esters is 1. The van der Waals surface area contributed by atoms with Crippen LogP contribution >= 0.6 is 0 Å². The molecule has 0 fully saturated rings. The molecule has 3 heterocycles. The third-order valence-electron chi connectivity index (χ3n) is 4.36. The van der Waals surface area contributed by atoms with E-state index in [2.05, 4.69) is 20.2 Å². The smallest absolute Gasteiger partial charge is 0.341 e. The molecule has 0 saturated carbocycles. The molecule has 4 rings (SSSR count). The van der Waals surface area contributed by atoms with Crippen molar-refractivity contribution in [3.8, 4) is 17.6 Å². The van der Waals surface area contributed by atoms with E-state index in [-0.39, 0.29) is 12.6 Å². The van der Waals surface area contributed by atoms with E-state index in [1.54, 1.807) is 18.7 Å². The van der Waals surface area contributed by atoms with Gasteiger partial charge in [0.15, 0.2) is 5.52 Å². The number of rotatable bonds is 7. The lowest BCUT2D eigenvalue weighted by Crippen LogP contribution is -2.05. The van der Waals surface area contributed by atoms with Crippen molar-refractivity contribution in [1.29, 1.82) is 0 Å². The first kappa shape index (κ1) is 19.4. The van der Waals surface area contributed by atoms with Gasteiger partial charge in [0, 0.05) is 6.20 Å². The highest BCUT2D eigenvalue weighted by atomic mass is 16.5. The molecule has 0 spiro atoms. The first-order valence-electron chi connectivity index (χ1n) is 9.25. The number of benzene rings is 1. The molecule has 0 saturated heterocycles. The maximum absolute atomic E-state index is 11.9. The average molecular weight is 408 g/mol. The van der Waals surface area contributed by atoms with Gasteiger partial charge in [0.05, 0.1) is 45.3 Å². The highest BCUT2D eigenvalue weighted by molar-refractivity contribution is 5.88. The molecule has 0 unspecified atom stereocenters. The summed E-state index contributed by atoms with van der Waals surface area (Å²) in [6.07, 6.45) is 4.73. The number of methoxy groups -OCH3 is 2. The maximum atomic E-state index is 11.9. The molecule has 10 nitrogen and oxygen atoms in total. The standard InChI is InChI=1S/C20H20N6O4/c1-4-30-19(27)14-9-21-26(11-14)20-22-16-12-25(24-17(16)18(23-20)29-3)10-13-5-7-15(28-2)8-6-13/h5-9,11-12H,4,10H2,1-3H3. The van der Waals surface area contributed by atoms with E-state index in [0.29, 0.717) is 29.0 Å². The quantitative estimate of drug-likeness (QED) is 0.429. The van der Waals surface area contributed by atoms with Gasteiger partial charge in [0.25, 0.3) is 5.95 Å². The van der Waals surface area contributed by atoms with Crippen LogP contribution < -0.4 is 9.47 Å². The number of hydrogen-bond donors (Lipinski definition) is 0. The molecular formula is C20H20N6O4. The molecule has 30 heavy (non-hydrogen) atoms. The molecule has 0 N–H and O–H groups in total. The van der Waals surface area contributed by atoms with Crippen molar-refractivity contribution in [3.63, 3.8) is 0 Å². The first-order valence-corrected chi connectivity index (χ1v) is 9.25. The molecule has 0 aliphatic rings. The molecule has 0 aliphatic heterocycles. The van der Waals surface area contributed by atoms with Crippen LogP contribution in [-0.2, 0) is 11.3 Å². The van der Waals surface area contributed by atoms with E-state index in [9.17, 15) is 4.79 Å². The molecule has 0 amide bonds. The molecular weight excluding hydrogens is 388 g/mol. The van der Waals surface area contributed by atoms with Gasteiger partial charge in [-0.1, -0.05) is 12.1 Å². The Kier molecular flexibility index (Phi) is 5.29. The lowest BCUT2D eigenvalue weighted by molar-refractivity contribution is 0.0526. The molecule has 0 bridgehead atoms. The predicted octanol–water partition coefficient (Wildman–Crippen LogP) is 2.25. The van der Waals surface area contributed by atoms with Gasteiger partial charge in [0.2, 0.25) is 5.88 Å². The number of carbonyl (C=O) groups is 1. The largest absolute Gasteiger partial charge is 0.497 e. The van der Waals surface area contributed by atoms with Crippen LogP contribution in [0.2, 0.25) is 0 Å². The summed E-state index contributed by atoms with van der Waals surface area (Å²) in [6.45, 7) is 2.58. The Morgan fingerprint density at radius 2 is 1.87 bits per heavy atom. The Balaban J connectivity index is 1.65. The minimum Gasteiger partial charge on any atom is -0.497 e. The molecule has 0 radical (unpaired) electrons. The number of nitrogens with zero attached hydrogens (tertiary/aromatic N) is 6. The highest BCUT2D eigenvalue weighted by Crippen LogP contribution is 2.22. The van der Waals surface area contributed by atoms with Gasteiger partial charge >= 0.3 is 5.97 Å². The second-order valence-electron chi connectivity index (χ2n) is 6.34. The number of fused-ring (bicyclic) bond motifs is 1. The summed E-state index contributed by atoms with van der Waals surface area (Å²) in [5, 5.41) is 8.70. The van der Waals surface area contributed by atoms with Gasteiger partial charge in [-0.2, -0.15) is 15.2 Å². The number of aromatic nitrogens is 6. The fourth-order valence-electron chi connectivity index (χ4n) is 2.92. The Labute approximate surface area is 172 Å². The Morgan fingerprint density at radius 3 is 2.57 bits per heavy atom. The van der Waals surface area contributed by atoms with Gasteiger partial charge in [-0.25, -0.2) is 14.5 Å². The second kappa shape index (κ2) is 8.19. The summed E-state index contributed by atoms with van der Waals surface area (Å²) in [4.78, 5) is 20.8. The van der Waals surface area contributed by atoms with Crippen molar-refractivity contribution in [1.82, 2.24) is 29.5 Å². The van der Waals surface area contributed by atoms with Gasteiger partial charge in [0.1, 0.15) is 11.3 Å². The molecule has 4 aromatic rings. The van der Waals surface area contributed by atoms with Crippen LogP contribution in [0.3, 0.4) is 0 Å². The molecule has 10 heteroatoms. The Bertz CT molecular complexity index is 1180. The first-order chi connectivity index (χ1) is 14.6. The minimum atomic E-state index is -0.455. The SMILES string of the molecule is CCOC(=O)c1cnn(-c2nc(OC)c3nn(Cc4ccc(OC)cc4)cc3n2)c1. The molecule has 0 aliphatic carbocycles. The summed E-state index contributed by atoms with van der Waals surface area (Å²) >= 11 is 0. The molecule has 3 aromatic heterocycles. The van der Waals surface area contributed by atoms with Crippen molar-refractivity contribution in [2.75, 3.05) is 20.8 Å². The fraction of sp³-hybridized carbons (Fsp3) is 0.250. The van der Waals surface area contributed by atoms with Gasteiger partial charge in [-0.15, -0.1) is 0 Å². The fourth-order valence-corrected chi connectivity index (χ4v) is 2.92. The summed E-state index contributed by atoms with van der Waals surface area (Å²) in [5.74, 6) is 0.919. The topological polar surface area (TPSA) is 106 Å². The minimum absolute atomic E-state index is 0.263. The number of carbonyl (C=O) groups excluding carboxylic acids is 1. The highest BCUT2D eigenvalue weighted by Gasteiger charge is 2.16. The van der Waals surface area contributed by atoms with Crippen molar-refractivity contribution < 1.29 is 19.0 Å². The zero-order valence-electron chi connectivity index (χ0n) is 16.8. The van der Waals surface area contributed by atoms with Crippen LogP contribution in [0, 0.1) is 0 Å². The third kappa shape index (κ3) is 3.79. The molecule has 1 aromatic carbocycles. The molecule has 0 atom stereocenters. The van der Waals surface area contributed by atoms with E-state index < -0.39 is 5.97 Å². The van der Waals surface area contributed by atoms with Crippen LogP contribution in [0.5, 0.6) is 11.6 Å². The van der Waals surface area contributed by atoms with Crippen molar-refractivity contribution in [2.24, 2.45) is 0 Å². The summed E-state index contributed by atoms with van der Waals surface area (Å²) in [7, 11) is 3.15. The normalized spacial score (nSPS) is 10.9. The Morgan fingerprint density at radius 1 is 1.07 bits per heavy atom. The van der Waals surface area contributed by atoms with Crippen LogP contribution in [0.25, 0.3) is 17.0 Å². The van der Waals surface area contributed by atoms with E-state index in [1.807, 2.05) is 30.5 Å². The monoisotopic (exact) mass is 408 g/mol. The summed E-state index contributed by atoms with van der Waals surface area (Å²) in [5.41, 5.74) is 2.50. The summed E-state index contributed by atoms with van der Waals surface area (Å²) < 4.78 is 18.7. The molecule has 154 valence electrons. The maximum Gasteiger partial charge on any atom is 0.341 e. The summed E-state index contributed by atoms with van der Waals surface area (Å²) in [6, 6.07) is 7.74. The van der Waals surface area contributed by atoms with Crippen LogP contribution in [-0.4, -0.2) is 56.3 Å². The zero-order chi connectivity index (χ0) is 21.1. The number of hydrogen-bond acceptors (Lipinski definition) is 8. The van der Waals surface area contributed by atoms with Crippen LogP contribution in [0.4, 0.5) is 0 Å². The average Bonchev–Trinajstić information content (AvgIpc) is 3.41. The number of ether oxygens (including phenoxy) is 3. The van der Waals surface area contributed by atoms with E-state index >= 15 is 0 Å². The van der Waals surface area contributed by atoms with Gasteiger partial charge < -0.3 is 14.2 Å².